The molecule has 0 unspecified atom stereocenters. The maximum atomic E-state index is 3.34. The second-order valence-electron chi connectivity index (χ2n) is 3.10. The second kappa shape index (κ2) is 3.57. The zero-order valence-corrected chi connectivity index (χ0v) is 9.60. The van der Waals surface area contributed by atoms with Gasteiger partial charge in [0, 0.05) is 6.07 Å². The fraction of sp³-hybridized carbons (Fsp3) is 0. The highest BCUT2D eigenvalue weighted by atomic mass is 127. The van der Waals surface area contributed by atoms with Crippen LogP contribution in [0.25, 0.3) is 16.7 Å². The van der Waals surface area contributed by atoms with Gasteiger partial charge in [-0.3, -0.25) is 0 Å². The molecule has 0 bridgehead atoms. The minimum atomic E-state index is 0. The number of hydrogen-bond acceptors (Lipinski definition) is 0. The molecule has 3 aromatic rings. The summed E-state index contributed by atoms with van der Waals surface area (Å²) in [6, 6.07) is 14.4. The Balaban J connectivity index is 0.000000750. The summed E-state index contributed by atoms with van der Waals surface area (Å²) in [5, 5.41) is 0. The van der Waals surface area contributed by atoms with E-state index in [0.29, 0.717) is 0 Å². The number of aromatic amines is 1. The topological polar surface area (TPSA) is 19.9 Å². The lowest BCUT2D eigenvalue weighted by Gasteiger charge is -1.83. The third kappa shape index (κ3) is 1.28. The van der Waals surface area contributed by atoms with Crippen molar-refractivity contribution < 1.29 is 28.4 Å². The van der Waals surface area contributed by atoms with Crippen molar-refractivity contribution in [3.05, 3.63) is 48.7 Å². The highest BCUT2D eigenvalue weighted by Crippen LogP contribution is 2.08. The number of nitrogens with one attached hydrogen (secondary N) is 1. The molecule has 1 aromatic carbocycles. The van der Waals surface area contributed by atoms with E-state index in [2.05, 4.69) is 39.8 Å². The van der Waals surface area contributed by atoms with Crippen molar-refractivity contribution in [3.63, 3.8) is 0 Å². The van der Waals surface area contributed by atoms with E-state index in [4.69, 9.17) is 0 Å². The van der Waals surface area contributed by atoms with Crippen LogP contribution in [0.15, 0.2) is 48.7 Å². The predicted molar refractivity (Wildman–Crippen MR) is 51.5 cm³/mol. The monoisotopic (exact) mass is 296 g/mol. The maximum Gasteiger partial charge on any atom is 0.284 e. The van der Waals surface area contributed by atoms with Gasteiger partial charge in [0.2, 0.25) is 0 Å². The number of para-hydroxylation sites is 2. The van der Waals surface area contributed by atoms with E-state index in [1.54, 1.807) is 0 Å². The molecule has 2 aromatic heterocycles. The number of aromatic nitrogens is 2. The number of halogens is 1. The van der Waals surface area contributed by atoms with E-state index in [1.807, 2.05) is 18.2 Å². The molecule has 0 spiro atoms. The average molecular weight is 296 g/mol. The Kier molecular flexibility index (Phi) is 2.41. The summed E-state index contributed by atoms with van der Waals surface area (Å²) >= 11 is 0. The second-order valence-corrected chi connectivity index (χ2v) is 3.10. The number of pyridine rings is 1. The van der Waals surface area contributed by atoms with Crippen LogP contribution in [0.1, 0.15) is 0 Å². The lowest BCUT2D eigenvalue weighted by Crippen LogP contribution is -3.00. The van der Waals surface area contributed by atoms with E-state index in [0.717, 1.165) is 5.65 Å². The van der Waals surface area contributed by atoms with Crippen LogP contribution in [0.2, 0.25) is 0 Å². The molecule has 0 aliphatic rings. The van der Waals surface area contributed by atoms with Gasteiger partial charge in [-0.15, -0.1) is 0 Å². The molecule has 2 nitrogen and oxygen atoms in total. The largest absolute Gasteiger partial charge is 1.00 e. The summed E-state index contributed by atoms with van der Waals surface area (Å²) in [4.78, 5) is 3.34. The van der Waals surface area contributed by atoms with E-state index >= 15 is 0 Å². The first-order valence-corrected chi connectivity index (χ1v) is 4.32. The first-order valence-electron chi connectivity index (χ1n) is 4.32. The average Bonchev–Trinajstić information content (AvgIpc) is 2.56. The highest BCUT2D eigenvalue weighted by Gasteiger charge is 2.07. The van der Waals surface area contributed by atoms with Crippen molar-refractivity contribution >= 4 is 16.7 Å². The van der Waals surface area contributed by atoms with E-state index in [1.165, 1.54) is 11.0 Å². The quantitative estimate of drug-likeness (QED) is 0.402. The Hall–Kier alpha value is -1.10. The molecular weight excluding hydrogens is 287 g/mol. The Bertz CT molecular complexity index is 521. The third-order valence-electron chi connectivity index (χ3n) is 2.29. The molecule has 0 saturated carbocycles. The number of rotatable bonds is 0. The number of nitrogens with zero attached hydrogens (tertiary/aromatic N) is 1. The Morgan fingerprint density at radius 3 is 2.64 bits per heavy atom. The number of imidazole rings is 1. The smallest absolute Gasteiger partial charge is 0.284 e. The van der Waals surface area contributed by atoms with Crippen LogP contribution < -0.4 is 28.4 Å². The molecule has 3 heteroatoms. The van der Waals surface area contributed by atoms with Gasteiger partial charge in [0.05, 0.1) is 6.20 Å². The molecule has 0 radical (unpaired) electrons. The van der Waals surface area contributed by atoms with E-state index < -0.39 is 0 Å². The molecule has 0 saturated heterocycles. The number of hydrogen-bond donors (Lipinski definition) is 1. The van der Waals surface area contributed by atoms with E-state index in [9.17, 15) is 0 Å². The van der Waals surface area contributed by atoms with Crippen LogP contribution in [0.5, 0.6) is 0 Å². The predicted octanol–water partition coefficient (Wildman–Crippen LogP) is -1.09. The normalized spacial score (nSPS) is 10.3. The van der Waals surface area contributed by atoms with Gasteiger partial charge >= 0.3 is 0 Å². The van der Waals surface area contributed by atoms with Gasteiger partial charge in [-0.2, -0.15) is 4.40 Å². The molecule has 14 heavy (non-hydrogen) atoms. The first-order chi connectivity index (χ1) is 6.45. The lowest BCUT2D eigenvalue weighted by atomic mass is 10.3. The van der Waals surface area contributed by atoms with Crippen LogP contribution >= 0.6 is 0 Å². The summed E-state index contributed by atoms with van der Waals surface area (Å²) in [6.07, 6.45) is 2.06. The van der Waals surface area contributed by atoms with Crippen molar-refractivity contribution in [2.45, 2.75) is 0 Å². The fourth-order valence-corrected chi connectivity index (χ4v) is 1.68. The lowest BCUT2D eigenvalue weighted by molar-refractivity contribution is -0.480. The van der Waals surface area contributed by atoms with Crippen LogP contribution in [0, 0.1) is 0 Å². The Morgan fingerprint density at radius 2 is 1.71 bits per heavy atom. The molecule has 3 rings (SSSR count). The van der Waals surface area contributed by atoms with Crippen molar-refractivity contribution in [3.8, 4) is 0 Å². The minimum absolute atomic E-state index is 0. The van der Waals surface area contributed by atoms with Gasteiger partial charge < -0.3 is 24.0 Å². The van der Waals surface area contributed by atoms with Crippen LogP contribution in [-0.4, -0.2) is 4.98 Å². The fourth-order valence-electron chi connectivity index (χ4n) is 1.68. The zero-order chi connectivity index (χ0) is 8.67. The summed E-state index contributed by atoms with van der Waals surface area (Å²) in [5.41, 5.74) is 3.52. The van der Waals surface area contributed by atoms with Crippen molar-refractivity contribution in [2.24, 2.45) is 0 Å². The number of fused-ring (bicyclic) bond motifs is 3. The van der Waals surface area contributed by atoms with Crippen molar-refractivity contribution in [2.75, 3.05) is 0 Å². The van der Waals surface area contributed by atoms with Gasteiger partial charge in [-0.05, 0) is 18.2 Å². The molecule has 0 aliphatic carbocycles. The number of benzene rings is 1. The van der Waals surface area contributed by atoms with E-state index in [-0.39, 0.29) is 24.0 Å². The highest BCUT2D eigenvalue weighted by molar-refractivity contribution is 5.73. The van der Waals surface area contributed by atoms with Gasteiger partial charge in [0.1, 0.15) is 0 Å². The van der Waals surface area contributed by atoms with Gasteiger partial charge in [-0.25, -0.2) is 4.98 Å². The third-order valence-corrected chi connectivity index (χ3v) is 2.29. The number of H-pyrrole nitrogens is 1. The zero-order valence-electron chi connectivity index (χ0n) is 7.44. The summed E-state index contributed by atoms with van der Waals surface area (Å²) in [6.45, 7) is 0. The SMILES string of the molecule is [I-].c1ccc2c(c1)[nH]c1cccc[n+]12. The van der Waals surface area contributed by atoms with Crippen LogP contribution in [0.4, 0.5) is 0 Å². The van der Waals surface area contributed by atoms with Crippen LogP contribution in [-0.2, 0) is 0 Å². The summed E-state index contributed by atoms with van der Waals surface area (Å²) in [5.74, 6) is 0. The Morgan fingerprint density at radius 1 is 0.929 bits per heavy atom. The molecule has 0 amide bonds. The van der Waals surface area contributed by atoms with Gasteiger partial charge in [0.25, 0.3) is 5.65 Å². The molecule has 0 atom stereocenters. The molecule has 0 fully saturated rings. The van der Waals surface area contributed by atoms with Gasteiger partial charge in [-0.1, -0.05) is 18.2 Å². The molecular formula is C11H9IN2. The molecule has 0 aliphatic heterocycles. The molecule has 2 heterocycles. The van der Waals surface area contributed by atoms with Crippen molar-refractivity contribution in [1.82, 2.24) is 4.98 Å². The summed E-state index contributed by atoms with van der Waals surface area (Å²) < 4.78 is 2.15. The van der Waals surface area contributed by atoms with Gasteiger partial charge in [0.15, 0.2) is 11.0 Å². The first kappa shape index (κ1) is 9.45. The molecule has 1 N–H and O–H groups in total. The Labute approximate surface area is 98.6 Å². The summed E-state index contributed by atoms with van der Waals surface area (Å²) in [7, 11) is 0. The maximum absolute atomic E-state index is 3.34. The standard InChI is InChI=1S/C11H8N2.HI/c1-2-6-10-9(5-1)12-11-7-3-4-8-13(10)11;/h1-8H;1H. The van der Waals surface area contributed by atoms with Crippen molar-refractivity contribution in [1.29, 1.82) is 0 Å². The minimum Gasteiger partial charge on any atom is -1.00 e. The molecule has 70 valence electrons. The van der Waals surface area contributed by atoms with Crippen LogP contribution in [0.3, 0.4) is 0 Å².